The number of rotatable bonds is 7. The van der Waals surface area contributed by atoms with Gasteiger partial charge >= 0.3 is 8.25 Å². The van der Waals surface area contributed by atoms with E-state index < -0.39 is 49.5 Å². The van der Waals surface area contributed by atoms with Crippen LogP contribution in [0.4, 0.5) is 0 Å². The molecule has 0 aromatic heterocycles. The highest BCUT2D eigenvalue weighted by Crippen LogP contribution is 2.00. The Kier molecular flexibility index (Phi) is 10.8. The van der Waals surface area contributed by atoms with Crippen LogP contribution in [-0.2, 0) is 14.7 Å². The van der Waals surface area contributed by atoms with Crippen molar-refractivity contribution in [2.45, 2.75) is 5.54 Å². The van der Waals surface area contributed by atoms with E-state index in [2.05, 4.69) is 5.32 Å². The lowest BCUT2D eigenvalue weighted by Gasteiger charge is -2.28. The van der Waals surface area contributed by atoms with Crippen molar-refractivity contribution in [1.82, 2.24) is 5.32 Å². The van der Waals surface area contributed by atoms with Gasteiger partial charge in [0.05, 0.1) is 31.1 Å². The zero-order chi connectivity index (χ0) is 14.8. The first-order chi connectivity index (χ1) is 8.12. The fourth-order valence-electron chi connectivity index (χ4n) is 0.763. The fourth-order valence-corrected chi connectivity index (χ4v) is 1.12. The SMILES string of the molecule is O=S(=O)(O)CCNC(CO)(CO)CO.O=[P+](O)O. The quantitative estimate of drug-likeness (QED) is 0.187. The Hall–Kier alpha value is -0.230. The second-order valence-corrected chi connectivity index (χ2v) is 5.30. The molecule has 0 unspecified atom stereocenters. The molecule has 0 radical (unpaired) electrons. The third-order valence-electron chi connectivity index (χ3n) is 1.77. The minimum absolute atomic E-state index is 0.166. The van der Waals surface area contributed by atoms with E-state index in [-0.39, 0.29) is 6.54 Å². The Morgan fingerprint density at radius 2 is 1.39 bits per heavy atom. The molecule has 0 saturated carbocycles. The van der Waals surface area contributed by atoms with Gasteiger partial charge in [0.25, 0.3) is 10.1 Å². The van der Waals surface area contributed by atoms with Gasteiger partial charge in [-0.15, -0.1) is 9.79 Å². The molecule has 0 atom stereocenters. The smallest absolute Gasteiger partial charge is 0.394 e. The zero-order valence-electron chi connectivity index (χ0n) is 9.30. The summed E-state index contributed by atoms with van der Waals surface area (Å²) in [6.07, 6.45) is 0. The van der Waals surface area contributed by atoms with Gasteiger partial charge in [-0.3, -0.25) is 4.55 Å². The molecule has 0 spiro atoms. The van der Waals surface area contributed by atoms with Crippen LogP contribution in [0.15, 0.2) is 0 Å². The molecule has 7 N–H and O–H groups in total. The van der Waals surface area contributed by atoms with Gasteiger partial charge in [0.15, 0.2) is 0 Å². The first kappa shape index (κ1) is 20.1. The van der Waals surface area contributed by atoms with E-state index in [1.54, 1.807) is 0 Å². The molecule has 0 heterocycles. The van der Waals surface area contributed by atoms with E-state index in [1.165, 1.54) is 0 Å². The molecule has 0 aromatic carbocycles. The molecule has 0 rings (SSSR count). The normalized spacial score (nSPS) is 11.7. The summed E-state index contributed by atoms with van der Waals surface area (Å²) in [6.45, 7) is -1.77. The van der Waals surface area contributed by atoms with Crippen molar-refractivity contribution in [2.75, 3.05) is 32.1 Å². The molecule has 10 nitrogen and oxygen atoms in total. The summed E-state index contributed by atoms with van der Waals surface area (Å²) in [5.74, 6) is -0.547. The first-order valence-electron chi connectivity index (χ1n) is 4.50. The molecule has 18 heavy (non-hydrogen) atoms. The lowest BCUT2D eigenvalue weighted by molar-refractivity contribution is 0.0440. The minimum atomic E-state index is -4.08. The van der Waals surface area contributed by atoms with Crippen molar-refractivity contribution in [2.24, 2.45) is 0 Å². The summed E-state index contributed by atoms with van der Waals surface area (Å²) in [4.78, 5) is 14.2. The molecule has 0 saturated heterocycles. The highest BCUT2D eigenvalue weighted by atomic mass is 32.2. The molecule has 0 aliphatic rings. The van der Waals surface area contributed by atoms with Crippen LogP contribution in [0.2, 0.25) is 0 Å². The number of nitrogens with one attached hydrogen (secondary N) is 1. The average Bonchev–Trinajstić information content (AvgIpc) is 2.23. The van der Waals surface area contributed by atoms with Gasteiger partial charge in [-0.2, -0.15) is 8.42 Å². The maximum Gasteiger partial charge on any atom is 0.692 e. The van der Waals surface area contributed by atoms with Crippen LogP contribution >= 0.6 is 8.25 Å². The van der Waals surface area contributed by atoms with Gasteiger partial charge in [-0.1, -0.05) is 0 Å². The van der Waals surface area contributed by atoms with Crippen LogP contribution in [-0.4, -0.2) is 75.7 Å². The summed E-state index contributed by atoms with van der Waals surface area (Å²) in [5.41, 5.74) is -1.31. The summed E-state index contributed by atoms with van der Waals surface area (Å²) in [7, 11) is -6.95. The maximum atomic E-state index is 10.3. The van der Waals surface area contributed by atoms with E-state index >= 15 is 0 Å². The van der Waals surface area contributed by atoms with Crippen LogP contribution in [0.5, 0.6) is 0 Å². The Morgan fingerprint density at radius 1 is 1.06 bits per heavy atom. The molecule has 110 valence electrons. The highest BCUT2D eigenvalue weighted by molar-refractivity contribution is 7.85. The standard InChI is InChI=1S/C6H15NO6S.HO3P/c8-3-6(4-9,5-10)7-1-2-14(11,12)13;1-4(2)3/h7-10H,1-5H2,(H,11,12,13);(H-,1,2,3)/p+1. The van der Waals surface area contributed by atoms with Gasteiger partial charge in [-0.05, 0) is 0 Å². The summed E-state index contributed by atoms with van der Waals surface area (Å²) in [5, 5.41) is 28.9. The molecule has 0 fully saturated rings. The predicted octanol–water partition coefficient (Wildman–Crippen LogP) is -3.19. The van der Waals surface area contributed by atoms with Crippen LogP contribution in [0.1, 0.15) is 0 Å². The Bertz CT molecular complexity index is 316. The predicted molar refractivity (Wildman–Crippen MR) is 60.5 cm³/mol. The lowest BCUT2D eigenvalue weighted by Crippen LogP contribution is -2.55. The number of hydrogen-bond donors (Lipinski definition) is 7. The van der Waals surface area contributed by atoms with Crippen LogP contribution in [0.3, 0.4) is 0 Å². The molecule has 0 bridgehead atoms. The molecule has 0 aromatic rings. The van der Waals surface area contributed by atoms with Crippen LogP contribution in [0, 0.1) is 0 Å². The van der Waals surface area contributed by atoms with E-state index in [4.69, 9.17) is 34.2 Å². The summed E-state index contributed by atoms with van der Waals surface area (Å²) < 4.78 is 37.7. The van der Waals surface area contributed by atoms with Gasteiger partial charge in [-0.25, -0.2) is 0 Å². The monoisotopic (exact) mass is 310 g/mol. The van der Waals surface area contributed by atoms with Crippen molar-refractivity contribution in [3.8, 4) is 0 Å². The van der Waals surface area contributed by atoms with Gasteiger partial charge < -0.3 is 20.6 Å². The molecule has 0 amide bonds. The van der Waals surface area contributed by atoms with Crippen LogP contribution in [0.25, 0.3) is 0 Å². The van der Waals surface area contributed by atoms with Crippen molar-refractivity contribution >= 4 is 18.4 Å². The Balaban J connectivity index is 0. The van der Waals surface area contributed by atoms with E-state index in [1.807, 2.05) is 0 Å². The number of aliphatic hydroxyl groups excluding tert-OH is 3. The largest absolute Gasteiger partial charge is 0.692 e. The Labute approximate surface area is 105 Å². The van der Waals surface area contributed by atoms with Gasteiger partial charge in [0.2, 0.25) is 0 Å². The fraction of sp³-hybridized carbons (Fsp3) is 1.00. The number of hydrogen-bond acceptors (Lipinski definition) is 7. The van der Waals surface area contributed by atoms with Crippen molar-refractivity contribution in [3.63, 3.8) is 0 Å². The van der Waals surface area contributed by atoms with Crippen molar-refractivity contribution in [3.05, 3.63) is 0 Å². The molecule has 12 heteroatoms. The first-order valence-corrected chi connectivity index (χ1v) is 7.27. The lowest BCUT2D eigenvalue weighted by atomic mass is 10.0. The van der Waals surface area contributed by atoms with E-state index in [9.17, 15) is 8.42 Å². The van der Waals surface area contributed by atoms with Crippen molar-refractivity contribution in [1.29, 1.82) is 0 Å². The average molecular weight is 310 g/mol. The summed E-state index contributed by atoms with van der Waals surface area (Å²) >= 11 is 0. The van der Waals surface area contributed by atoms with Gasteiger partial charge in [0.1, 0.15) is 0 Å². The third kappa shape index (κ3) is 12.2. The van der Waals surface area contributed by atoms with E-state index in [0.717, 1.165) is 0 Å². The second kappa shape index (κ2) is 9.67. The number of aliphatic hydroxyl groups is 3. The minimum Gasteiger partial charge on any atom is -0.394 e. The molecule has 0 aliphatic carbocycles. The summed E-state index contributed by atoms with van der Waals surface area (Å²) in [6, 6.07) is 0. The molecule has 0 aliphatic heterocycles. The maximum absolute atomic E-state index is 10.3. The van der Waals surface area contributed by atoms with Crippen molar-refractivity contribution < 1.29 is 42.6 Å². The van der Waals surface area contributed by atoms with E-state index in [0.29, 0.717) is 0 Å². The zero-order valence-corrected chi connectivity index (χ0v) is 11.0. The van der Waals surface area contributed by atoms with Crippen LogP contribution < -0.4 is 5.32 Å². The third-order valence-corrected chi connectivity index (χ3v) is 2.49. The van der Waals surface area contributed by atoms with Gasteiger partial charge in [0, 0.05) is 11.1 Å². The molecular formula is C6H17NO9PS+. The molecular weight excluding hydrogens is 293 g/mol. The Morgan fingerprint density at radius 3 is 1.61 bits per heavy atom. The topological polar surface area (TPSA) is 185 Å². The second-order valence-electron chi connectivity index (χ2n) is 3.22. The highest BCUT2D eigenvalue weighted by Gasteiger charge is 2.27.